The quantitative estimate of drug-likeness (QED) is 0.710. The molecule has 0 aromatic rings. The molecule has 1 aliphatic carbocycles. The lowest BCUT2D eigenvalue weighted by Gasteiger charge is -2.32. The molecule has 2 heteroatoms. The molecule has 1 nitrogen and oxygen atoms in total. The van der Waals surface area contributed by atoms with Crippen molar-refractivity contribution in [2.75, 3.05) is 0 Å². The number of halogens is 1. The van der Waals surface area contributed by atoms with Gasteiger partial charge < -0.3 is 18.1 Å². The Kier molecular flexibility index (Phi) is 7.11. The van der Waals surface area contributed by atoms with Gasteiger partial charge in [-0.15, -0.1) is 0 Å². The molecule has 0 spiro atoms. The Morgan fingerprint density at radius 3 is 2.65 bits per heavy atom. The zero-order valence-electron chi connectivity index (χ0n) is 11.9. The Morgan fingerprint density at radius 2 is 2.18 bits per heavy atom. The standard InChI is InChI=1S/C15H27N.ClH/c1-12(2)6-5-11-15(4,16)14-9-7-13(3)8-10-14;/h6-7,14H,5,8-11,16H2,1-4H3;1H/t14-,15-;/m0./s1. The molecule has 3 N–H and O–H groups in total. The maximum Gasteiger partial charge on any atom is 0.0951 e. The highest BCUT2D eigenvalue weighted by molar-refractivity contribution is 5.05. The number of hydrogen-bond acceptors (Lipinski definition) is 0. The fourth-order valence-corrected chi connectivity index (χ4v) is 2.49. The summed E-state index contributed by atoms with van der Waals surface area (Å²) in [6, 6.07) is 0. The van der Waals surface area contributed by atoms with E-state index in [1.165, 1.54) is 37.7 Å². The van der Waals surface area contributed by atoms with Crippen LogP contribution in [0.4, 0.5) is 0 Å². The molecular formula is C15H28ClN. The first-order valence-corrected chi connectivity index (χ1v) is 6.56. The maximum absolute atomic E-state index is 4.46. The van der Waals surface area contributed by atoms with Crippen molar-refractivity contribution in [2.24, 2.45) is 5.92 Å². The van der Waals surface area contributed by atoms with Gasteiger partial charge in [-0.2, -0.15) is 0 Å². The van der Waals surface area contributed by atoms with Crippen LogP contribution in [-0.2, 0) is 0 Å². The van der Waals surface area contributed by atoms with E-state index in [0.717, 1.165) is 5.92 Å². The van der Waals surface area contributed by atoms with Crippen molar-refractivity contribution in [1.82, 2.24) is 0 Å². The predicted molar refractivity (Wildman–Crippen MR) is 71.1 cm³/mol. The van der Waals surface area contributed by atoms with Crippen molar-refractivity contribution in [3.05, 3.63) is 23.3 Å². The van der Waals surface area contributed by atoms with Crippen LogP contribution in [0.3, 0.4) is 0 Å². The van der Waals surface area contributed by atoms with E-state index < -0.39 is 0 Å². The van der Waals surface area contributed by atoms with E-state index in [-0.39, 0.29) is 17.9 Å². The molecule has 2 atom stereocenters. The van der Waals surface area contributed by atoms with Crippen molar-refractivity contribution in [1.29, 1.82) is 0 Å². The molecule has 0 aliphatic heterocycles. The van der Waals surface area contributed by atoms with Crippen molar-refractivity contribution < 1.29 is 18.1 Å². The highest BCUT2D eigenvalue weighted by Gasteiger charge is 2.33. The van der Waals surface area contributed by atoms with Gasteiger partial charge in [-0.25, -0.2) is 0 Å². The van der Waals surface area contributed by atoms with Crippen LogP contribution in [0, 0.1) is 5.92 Å². The van der Waals surface area contributed by atoms with Crippen molar-refractivity contribution in [3.8, 4) is 0 Å². The van der Waals surface area contributed by atoms with Gasteiger partial charge >= 0.3 is 0 Å². The van der Waals surface area contributed by atoms with Gasteiger partial charge in [0.1, 0.15) is 0 Å². The van der Waals surface area contributed by atoms with Gasteiger partial charge in [-0.05, 0) is 53.4 Å². The molecule has 0 aromatic carbocycles. The van der Waals surface area contributed by atoms with E-state index in [4.69, 9.17) is 0 Å². The van der Waals surface area contributed by atoms with Crippen LogP contribution >= 0.6 is 0 Å². The second-order valence-corrected chi connectivity index (χ2v) is 6.00. The van der Waals surface area contributed by atoms with Crippen LogP contribution in [0.5, 0.6) is 0 Å². The van der Waals surface area contributed by atoms with E-state index >= 15 is 0 Å². The molecule has 0 bridgehead atoms. The summed E-state index contributed by atoms with van der Waals surface area (Å²) in [7, 11) is 0. The topological polar surface area (TPSA) is 27.6 Å². The first kappa shape index (κ1) is 16.7. The lowest BCUT2D eigenvalue weighted by molar-refractivity contribution is -0.488. The van der Waals surface area contributed by atoms with E-state index in [0.29, 0.717) is 0 Å². The predicted octanol–water partition coefficient (Wildman–Crippen LogP) is 0.484. The average Bonchev–Trinajstić information content (AvgIpc) is 2.17. The highest BCUT2D eigenvalue weighted by Crippen LogP contribution is 2.31. The van der Waals surface area contributed by atoms with Crippen molar-refractivity contribution >= 4 is 0 Å². The van der Waals surface area contributed by atoms with E-state index in [9.17, 15) is 0 Å². The first-order chi connectivity index (χ1) is 7.42. The summed E-state index contributed by atoms with van der Waals surface area (Å²) >= 11 is 0. The third-order valence-electron chi connectivity index (χ3n) is 3.89. The zero-order chi connectivity index (χ0) is 12.2. The third-order valence-corrected chi connectivity index (χ3v) is 3.89. The smallest absolute Gasteiger partial charge is 0.0951 e. The normalized spacial score (nSPS) is 23.1. The molecule has 0 saturated heterocycles. The molecule has 0 amide bonds. The summed E-state index contributed by atoms with van der Waals surface area (Å²) in [6.45, 7) is 8.94. The summed E-state index contributed by atoms with van der Waals surface area (Å²) in [6.07, 6.45) is 11.0. The van der Waals surface area contributed by atoms with Crippen molar-refractivity contribution in [2.45, 2.75) is 65.3 Å². The highest BCUT2D eigenvalue weighted by atomic mass is 35.5. The first-order valence-electron chi connectivity index (χ1n) is 6.56. The van der Waals surface area contributed by atoms with E-state index in [2.05, 4.69) is 45.6 Å². The number of rotatable bonds is 4. The van der Waals surface area contributed by atoms with E-state index in [1.54, 1.807) is 5.57 Å². The fraction of sp³-hybridized carbons (Fsp3) is 0.733. The van der Waals surface area contributed by atoms with Gasteiger partial charge in [0.25, 0.3) is 0 Å². The van der Waals surface area contributed by atoms with Crippen LogP contribution in [0.1, 0.15) is 59.8 Å². The maximum atomic E-state index is 4.46. The molecule has 17 heavy (non-hydrogen) atoms. The minimum absolute atomic E-state index is 0. The zero-order valence-corrected chi connectivity index (χ0v) is 12.6. The van der Waals surface area contributed by atoms with E-state index in [1.807, 2.05) is 0 Å². The average molecular weight is 258 g/mol. The monoisotopic (exact) mass is 257 g/mol. The Bertz CT molecular complexity index is 285. The van der Waals surface area contributed by atoms with Gasteiger partial charge in [0.2, 0.25) is 0 Å². The Labute approximate surface area is 113 Å². The molecule has 0 saturated carbocycles. The van der Waals surface area contributed by atoms with Gasteiger partial charge in [-0.3, -0.25) is 0 Å². The summed E-state index contributed by atoms with van der Waals surface area (Å²) in [4.78, 5) is 0. The van der Waals surface area contributed by atoms with Crippen LogP contribution in [-0.4, -0.2) is 5.54 Å². The number of quaternary nitrogens is 1. The second kappa shape index (κ2) is 7.23. The summed E-state index contributed by atoms with van der Waals surface area (Å²) in [5, 5.41) is 0. The van der Waals surface area contributed by atoms with Gasteiger partial charge in [0, 0.05) is 12.3 Å². The minimum Gasteiger partial charge on any atom is -1.00 e. The van der Waals surface area contributed by atoms with Crippen LogP contribution in [0.2, 0.25) is 0 Å². The largest absolute Gasteiger partial charge is 1.00 e. The van der Waals surface area contributed by atoms with Gasteiger partial charge in [0.15, 0.2) is 0 Å². The lowest BCUT2D eigenvalue weighted by atomic mass is 9.75. The lowest BCUT2D eigenvalue weighted by Crippen LogP contribution is -3.00. The third kappa shape index (κ3) is 5.74. The molecular weight excluding hydrogens is 230 g/mol. The Morgan fingerprint density at radius 1 is 1.53 bits per heavy atom. The molecule has 0 fully saturated rings. The Hall–Kier alpha value is -0.270. The molecule has 0 heterocycles. The molecule has 0 unspecified atom stereocenters. The molecule has 100 valence electrons. The van der Waals surface area contributed by atoms with Crippen LogP contribution < -0.4 is 18.1 Å². The second-order valence-electron chi connectivity index (χ2n) is 6.00. The Balaban J connectivity index is 0.00000256. The minimum atomic E-state index is 0. The summed E-state index contributed by atoms with van der Waals surface area (Å²) < 4.78 is 0. The van der Waals surface area contributed by atoms with Crippen LogP contribution in [0.25, 0.3) is 0 Å². The number of hydrogen-bond donors (Lipinski definition) is 1. The summed E-state index contributed by atoms with van der Waals surface area (Å²) in [5.41, 5.74) is 7.70. The molecule has 1 aliphatic rings. The van der Waals surface area contributed by atoms with Crippen molar-refractivity contribution in [3.63, 3.8) is 0 Å². The summed E-state index contributed by atoms with van der Waals surface area (Å²) in [5.74, 6) is 0.779. The molecule has 0 aromatic heterocycles. The van der Waals surface area contributed by atoms with Crippen LogP contribution in [0.15, 0.2) is 23.3 Å². The molecule has 1 rings (SSSR count). The fourth-order valence-electron chi connectivity index (χ4n) is 2.49. The van der Waals surface area contributed by atoms with Gasteiger partial charge in [0.05, 0.1) is 5.54 Å². The van der Waals surface area contributed by atoms with Gasteiger partial charge in [-0.1, -0.05) is 23.3 Å². The molecule has 0 radical (unpaired) electrons. The number of allylic oxidation sites excluding steroid dienone is 4. The SMILES string of the molecule is CC(C)=CCC[C@](C)([NH3+])[C@H]1CC=C(C)CC1.[Cl-].